The topological polar surface area (TPSA) is 62.5 Å². The minimum Gasteiger partial charge on any atom is -0.410 e. The zero-order chi connectivity index (χ0) is 12.1. The normalized spacial score (nSPS) is 11.2. The Morgan fingerprint density at radius 2 is 1.76 bits per heavy atom. The molecule has 0 radical (unpaired) electrons. The van der Waals surface area contributed by atoms with Crippen LogP contribution in [-0.4, -0.2) is 21.7 Å². The van der Waals surface area contributed by atoms with E-state index >= 15 is 0 Å². The highest BCUT2D eigenvalue weighted by Crippen LogP contribution is 2.07. The summed E-state index contributed by atoms with van der Waals surface area (Å²) in [4.78, 5) is 15.9. The number of rotatable bonds is 3. The second kappa shape index (κ2) is 5.03. The molecular weight excluding hydrogens is 216 g/mol. The molecule has 0 fully saturated rings. The first-order valence-corrected chi connectivity index (χ1v) is 5.05. The number of Topliss-reactive ketones (excluding diaryl/α,β-unsaturated/α-hetero) is 1. The van der Waals surface area contributed by atoms with Gasteiger partial charge < -0.3 is 5.21 Å². The summed E-state index contributed by atoms with van der Waals surface area (Å²) in [6.45, 7) is 0. The third kappa shape index (κ3) is 2.36. The molecule has 17 heavy (non-hydrogen) atoms. The number of carbonyl (C=O) groups excluding carboxylic acids is 1. The number of hydrogen-bond donors (Lipinski definition) is 1. The van der Waals surface area contributed by atoms with E-state index in [1.165, 1.54) is 6.20 Å². The van der Waals surface area contributed by atoms with Crippen LogP contribution in [0.25, 0.3) is 0 Å². The molecule has 0 amide bonds. The molecule has 2 rings (SSSR count). The average Bonchev–Trinajstić information content (AvgIpc) is 2.42. The number of hydrogen-bond acceptors (Lipinski definition) is 4. The minimum absolute atomic E-state index is 0.0126. The van der Waals surface area contributed by atoms with Gasteiger partial charge in [0.05, 0.1) is 0 Å². The van der Waals surface area contributed by atoms with Crippen LogP contribution in [0, 0.1) is 0 Å². The van der Waals surface area contributed by atoms with Gasteiger partial charge in [-0.2, -0.15) is 0 Å². The van der Waals surface area contributed by atoms with Crippen molar-refractivity contribution in [1.29, 1.82) is 0 Å². The molecule has 0 spiro atoms. The van der Waals surface area contributed by atoms with E-state index in [1.807, 2.05) is 6.07 Å². The Morgan fingerprint density at radius 3 is 2.35 bits per heavy atom. The first-order chi connectivity index (χ1) is 8.33. The monoisotopic (exact) mass is 226 g/mol. The molecule has 0 saturated carbocycles. The highest BCUT2D eigenvalue weighted by molar-refractivity contribution is 6.51. The summed E-state index contributed by atoms with van der Waals surface area (Å²) < 4.78 is 0. The first-order valence-electron chi connectivity index (χ1n) is 5.05. The van der Waals surface area contributed by atoms with Crippen molar-refractivity contribution in [1.82, 2.24) is 4.98 Å². The van der Waals surface area contributed by atoms with Crippen molar-refractivity contribution in [2.75, 3.05) is 0 Å². The Labute approximate surface area is 98.2 Å². The fraction of sp³-hybridized carbons (Fsp3) is 0. The van der Waals surface area contributed by atoms with E-state index in [4.69, 9.17) is 5.21 Å². The number of oxime groups is 1. The van der Waals surface area contributed by atoms with E-state index in [1.54, 1.807) is 42.6 Å². The van der Waals surface area contributed by atoms with Crippen molar-refractivity contribution in [2.45, 2.75) is 0 Å². The molecule has 4 heteroatoms. The van der Waals surface area contributed by atoms with Crippen LogP contribution in [0.3, 0.4) is 0 Å². The molecule has 84 valence electrons. The third-order valence-corrected chi connectivity index (χ3v) is 2.29. The quantitative estimate of drug-likeness (QED) is 0.377. The van der Waals surface area contributed by atoms with Gasteiger partial charge in [0.1, 0.15) is 0 Å². The maximum atomic E-state index is 12.0. The van der Waals surface area contributed by atoms with E-state index in [0.29, 0.717) is 11.1 Å². The number of benzene rings is 1. The summed E-state index contributed by atoms with van der Waals surface area (Å²) in [5.74, 6) is -0.355. The SMILES string of the molecule is O=C(/C(=N/O)c1ccccc1)c1cccnc1. The molecule has 1 aromatic heterocycles. The third-order valence-electron chi connectivity index (χ3n) is 2.29. The largest absolute Gasteiger partial charge is 0.410 e. The Hall–Kier alpha value is -2.49. The molecule has 0 aliphatic carbocycles. The van der Waals surface area contributed by atoms with E-state index in [-0.39, 0.29) is 11.5 Å². The summed E-state index contributed by atoms with van der Waals surface area (Å²) >= 11 is 0. The van der Waals surface area contributed by atoms with Gasteiger partial charge >= 0.3 is 0 Å². The average molecular weight is 226 g/mol. The van der Waals surface area contributed by atoms with Gasteiger partial charge in [0, 0.05) is 23.5 Å². The second-order valence-corrected chi connectivity index (χ2v) is 3.39. The van der Waals surface area contributed by atoms with Crippen molar-refractivity contribution < 1.29 is 10.0 Å². The summed E-state index contributed by atoms with van der Waals surface area (Å²) in [6.07, 6.45) is 3.02. The number of nitrogens with zero attached hydrogens (tertiary/aromatic N) is 2. The van der Waals surface area contributed by atoms with E-state index in [2.05, 4.69) is 10.1 Å². The first kappa shape index (κ1) is 11.0. The highest BCUT2D eigenvalue weighted by atomic mass is 16.4. The van der Waals surface area contributed by atoms with Crippen LogP contribution in [0.15, 0.2) is 60.0 Å². The smallest absolute Gasteiger partial charge is 0.216 e. The van der Waals surface area contributed by atoms with Gasteiger partial charge in [-0.05, 0) is 12.1 Å². The lowest BCUT2D eigenvalue weighted by Gasteiger charge is -2.03. The molecule has 0 unspecified atom stereocenters. The van der Waals surface area contributed by atoms with Crippen LogP contribution >= 0.6 is 0 Å². The Bertz CT molecular complexity index is 536. The lowest BCUT2D eigenvalue weighted by molar-refractivity contribution is 0.106. The fourth-order valence-corrected chi connectivity index (χ4v) is 1.46. The lowest BCUT2D eigenvalue weighted by Crippen LogP contribution is -2.16. The standard InChI is InChI=1S/C13H10N2O2/c16-13(11-7-4-8-14-9-11)12(15-17)10-5-2-1-3-6-10/h1-9,17H/b15-12+. The molecular formula is C13H10N2O2. The van der Waals surface area contributed by atoms with Gasteiger partial charge in [-0.15, -0.1) is 0 Å². The lowest BCUT2D eigenvalue weighted by atomic mass is 10.0. The fourth-order valence-electron chi connectivity index (χ4n) is 1.46. The van der Waals surface area contributed by atoms with E-state index < -0.39 is 0 Å². The number of carbonyl (C=O) groups is 1. The van der Waals surface area contributed by atoms with Gasteiger partial charge in [0.25, 0.3) is 0 Å². The molecule has 2 aromatic rings. The van der Waals surface area contributed by atoms with Gasteiger partial charge in [0.15, 0.2) is 5.71 Å². The van der Waals surface area contributed by atoms with Crippen LogP contribution in [-0.2, 0) is 0 Å². The van der Waals surface area contributed by atoms with Crippen LogP contribution in [0.2, 0.25) is 0 Å². The van der Waals surface area contributed by atoms with Crippen molar-refractivity contribution >= 4 is 11.5 Å². The molecule has 0 bridgehead atoms. The number of ketones is 1. The summed E-state index contributed by atoms with van der Waals surface area (Å²) in [5, 5.41) is 12.0. The van der Waals surface area contributed by atoms with Crippen LogP contribution in [0.4, 0.5) is 0 Å². The van der Waals surface area contributed by atoms with Crippen LogP contribution < -0.4 is 0 Å². The zero-order valence-corrected chi connectivity index (χ0v) is 8.95. The van der Waals surface area contributed by atoms with Crippen molar-refractivity contribution in [3.8, 4) is 0 Å². The van der Waals surface area contributed by atoms with Crippen LogP contribution in [0.1, 0.15) is 15.9 Å². The van der Waals surface area contributed by atoms with Gasteiger partial charge in [-0.3, -0.25) is 9.78 Å². The highest BCUT2D eigenvalue weighted by Gasteiger charge is 2.16. The number of pyridine rings is 1. The van der Waals surface area contributed by atoms with Gasteiger partial charge in [-0.1, -0.05) is 35.5 Å². The molecule has 1 heterocycles. The Kier molecular flexibility index (Phi) is 3.25. The van der Waals surface area contributed by atoms with E-state index in [9.17, 15) is 4.79 Å². The molecule has 0 atom stereocenters. The maximum Gasteiger partial charge on any atom is 0.216 e. The Balaban J connectivity index is 2.37. The van der Waals surface area contributed by atoms with Gasteiger partial charge in [-0.25, -0.2) is 0 Å². The zero-order valence-electron chi connectivity index (χ0n) is 8.95. The molecule has 0 saturated heterocycles. The maximum absolute atomic E-state index is 12.0. The summed E-state index contributed by atoms with van der Waals surface area (Å²) in [7, 11) is 0. The molecule has 0 aliphatic heterocycles. The molecule has 1 aromatic carbocycles. The molecule has 4 nitrogen and oxygen atoms in total. The second-order valence-electron chi connectivity index (χ2n) is 3.39. The summed E-state index contributed by atoms with van der Waals surface area (Å²) in [5.41, 5.74) is 0.978. The number of aromatic nitrogens is 1. The van der Waals surface area contributed by atoms with Crippen LogP contribution in [0.5, 0.6) is 0 Å². The molecule has 1 N–H and O–H groups in total. The predicted molar refractivity (Wildman–Crippen MR) is 63.3 cm³/mol. The van der Waals surface area contributed by atoms with Crippen molar-refractivity contribution in [3.05, 3.63) is 66.0 Å². The van der Waals surface area contributed by atoms with Crippen molar-refractivity contribution in [3.63, 3.8) is 0 Å². The van der Waals surface area contributed by atoms with Gasteiger partial charge in [0.2, 0.25) is 5.78 Å². The summed E-state index contributed by atoms with van der Waals surface area (Å²) in [6, 6.07) is 12.1. The van der Waals surface area contributed by atoms with Crippen molar-refractivity contribution in [2.24, 2.45) is 5.16 Å². The van der Waals surface area contributed by atoms with E-state index in [0.717, 1.165) is 0 Å². The molecule has 0 aliphatic rings. The predicted octanol–water partition coefficient (Wildman–Crippen LogP) is 2.14. The Morgan fingerprint density at radius 1 is 1.06 bits per heavy atom. The minimum atomic E-state index is -0.355.